The number of carbonyl (C=O) groups is 1. The van der Waals surface area contributed by atoms with Crippen LogP contribution < -0.4 is 5.32 Å². The summed E-state index contributed by atoms with van der Waals surface area (Å²) in [6, 6.07) is 11.7. The van der Waals surface area contributed by atoms with E-state index >= 15 is 0 Å². The van der Waals surface area contributed by atoms with Crippen molar-refractivity contribution in [2.24, 2.45) is 0 Å². The fraction of sp³-hybridized carbons (Fsp3) is 0.381. The molecule has 1 amide bonds. The number of anilines is 1. The lowest BCUT2D eigenvalue weighted by Crippen LogP contribution is -2.45. The van der Waals surface area contributed by atoms with Crippen LogP contribution >= 0.6 is 11.6 Å². The number of hydrogen-bond donors (Lipinski definition) is 1. The number of nitrogens with one attached hydrogen (secondary N) is 1. The van der Waals surface area contributed by atoms with Gasteiger partial charge in [0, 0.05) is 29.7 Å². The maximum absolute atomic E-state index is 13.1. The van der Waals surface area contributed by atoms with Gasteiger partial charge in [-0.1, -0.05) is 35.7 Å². The zero-order chi connectivity index (χ0) is 20.3. The average Bonchev–Trinajstić information content (AvgIpc) is 2.65. The molecule has 28 heavy (non-hydrogen) atoms. The lowest BCUT2D eigenvalue weighted by Gasteiger charge is -2.34. The third kappa shape index (κ3) is 4.74. The number of benzene rings is 2. The summed E-state index contributed by atoms with van der Waals surface area (Å²) in [5.41, 5.74) is 2.88. The Labute approximate surface area is 171 Å². The third-order valence-electron chi connectivity index (χ3n) is 5.07. The number of carbonyl (C=O) groups excluding carboxylic acids is 1. The summed E-state index contributed by atoms with van der Waals surface area (Å²) in [6.45, 7) is 4.37. The van der Waals surface area contributed by atoms with Gasteiger partial charge in [0.15, 0.2) is 0 Å². The first-order chi connectivity index (χ1) is 13.3. The summed E-state index contributed by atoms with van der Waals surface area (Å²) in [5.74, 6) is -0.171. The van der Waals surface area contributed by atoms with E-state index in [1.165, 1.54) is 16.4 Å². The van der Waals surface area contributed by atoms with Crippen molar-refractivity contribution in [2.75, 3.05) is 11.9 Å². The minimum atomic E-state index is -3.67. The van der Waals surface area contributed by atoms with Crippen LogP contribution in [0.25, 0.3) is 0 Å². The van der Waals surface area contributed by atoms with Crippen molar-refractivity contribution in [1.82, 2.24) is 4.31 Å². The summed E-state index contributed by atoms with van der Waals surface area (Å²) in [4.78, 5) is 12.8. The molecular weight excluding hydrogens is 396 g/mol. The van der Waals surface area contributed by atoms with E-state index in [9.17, 15) is 13.2 Å². The number of amides is 1. The van der Waals surface area contributed by atoms with Gasteiger partial charge < -0.3 is 5.32 Å². The largest absolute Gasteiger partial charge is 0.326 e. The van der Waals surface area contributed by atoms with Crippen LogP contribution in [0.5, 0.6) is 0 Å². The van der Waals surface area contributed by atoms with Crippen molar-refractivity contribution in [3.63, 3.8) is 0 Å². The maximum Gasteiger partial charge on any atom is 0.243 e. The van der Waals surface area contributed by atoms with E-state index in [1.807, 2.05) is 32.0 Å². The Balaban J connectivity index is 1.75. The number of aryl methyl sites for hydroxylation is 2. The first-order valence-electron chi connectivity index (χ1n) is 9.42. The first-order valence-corrected chi connectivity index (χ1v) is 11.2. The predicted molar refractivity (Wildman–Crippen MR) is 112 cm³/mol. The molecule has 0 saturated carbocycles. The molecule has 0 spiro atoms. The van der Waals surface area contributed by atoms with Gasteiger partial charge in [0.25, 0.3) is 0 Å². The minimum absolute atomic E-state index is 0.139. The molecule has 1 aliphatic rings. The summed E-state index contributed by atoms with van der Waals surface area (Å²) in [7, 11) is -3.67. The number of nitrogens with zero attached hydrogens (tertiary/aromatic N) is 1. The molecule has 0 bridgehead atoms. The molecule has 5 nitrogen and oxygen atoms in total. The topological polar surface area (TPSA) is 66.5 Å². The lowest BCUT2D eigenvalue weighted by molar-refractivity contribution is -0.117. The van der Waals surface area contributed by atoms with Gasteiger partial charge >= 0.3 is 0 Å². The van der Waals surface area contributed by atoms with Crippen LogP contribution in [-0.2, 0) is 14.8 Å². The van der Waals surface area contributed by atoms with Crippen LogP contribution in [-0.4, -0.2) is 31.2 Å². The normalized spacial score (nSPS) is 18.0. The molecule has 2 aromatic rings. The zero-order valence-corrected chi connectivity index (χ0v) is 17.7. The standard InChI is InChI=1S/C21H25ClN2O3S/c1-15-6-11-20(16(2)13-15)23-21(25)14-18-5-3-4-12-24(18)28(26,27)19-9-7-17(22)8-10-19/h6-11,13,18H,3-5,12,14H2,1-2H3,(H,23,25)/t18-/m1/s1. The number of halogens is 1. The highest BCUT2D eigenvalue weighted by Gasteiger charge is 2.34. The van der Waals surface area contributed by atoms with E-state index < -0.39 is 10.0 Å². The van der Waals surface area contributed by atoms with Crippen LogP contribution in [0.15, 0.2) is 47.4 Å². The Morgan fingerprint density at radius 3 is 2.54 bits per heavy atom. The fourth-order valence-corrected chi connectivity index (χ4v) is 5.42. The van der Waals surface area contributed by atoms with E-state index in [0.29, 0.717) is 18.0 Å². The maximum atomic E-state index is 13.1. The summed E-state index contributed by atoms with van der Waals surface area (Å²) in [5, 5.41) is 3.41. The molecule has 0 aliphatic carbocycles. The second-order valence-corrected chi connectivity index (χ2v) is 9.62. The van der Waals surface area contributed by atoms with Gasteiger partial charge in [-0.2, -0.15) is 4.31 Å². The van der Waals surface area contributed by atoms with Crippen molar-refractivity contribution in [1.29, 1.82) is 0 Å². The van der Waals surface area contributed by atoms with E-state index in [-0.39, 0.29) is 23.3 Å². The molecule has 7 heteroatoms. The van der Waals surface area contributed by atoms with E-state index in [2.05, 4.69) is 5.32 Å². The Morgan fingerprint density at radius 1 is 1.14 bits per heavy atom. The van der Waals surface area contributed by atoms with Gasteiger partial charge in [0.05, 0.1) is 4.90 Å². The van der Waals surface area contributed by atoms with Crippen molar-refractivity contribution >= 4 is 33.2 Å². The van der Waals surface area contributed by atoms with Gasteiger partial charge in [-0.25, -0.2) is 8.42 Å². The fourth-order valence-electron chi connectivity index (χ4n) is 3.61. The first kappa shape index (κ1) is 20.8. The number of sulfonamides is 1. The SMILES string of the molecule is Cc1ccc(NC(=O)C[C@H]2CCCCN2S(=O)(=O)c2ccc(Cl)cc2)c(C)c1. The molecular formula is C21H25ClN2O3S. The molecule has 2 aromatic carbocycles. The third-order valence-corrected chi connectivity index (χ3v) is 7.29. The quantitative estimate of drug-likeness (QED) is 0.772. The second-order valence-electron chi connectivity index (χ2n) is 7.29. The van der Waals surface area contributed by atoms with Crippen LogP contribution in [0.1, 0.15) is 36.8 Å². The monoisotopic (exact) mass is 420 g/mol. The van der Waals surface area contributed by atoms with Crippen molar-refractivity contribution in [3.8, 4) is 0 Å². The van der Waals surface area contributed by atoms with Gasteiger partial charge in [-0.3, -0.25) is 4.79 Å². The summed E-state index contributed by atoms with van der Waals surface area (Å²) in [6.07, 6.45) is 2.52. The smallest absolute Gasteiger partial charge is 0.243 e. The highest BCUT2D eigenvalue weighted by atomic mass is 35.5. The van der Waals surface area contributed by atoms with Crippen molar-refractivity contribution < 1.29 is 13.2 Å². The Morgan fingerprint density at radius 2 is 1.86 bits per heavy atom. The highest BCUT2D eigenvalue weighted by molar-refractivity contribution is 7.89. The molecule has 1 fully saturated rings. The van der Waals surface area contributed by atoms with Crippen molar-refractivity contribution in [2.45, 2.75) is 50.5 Å². The predicted octanol–water partition coefficient (Wildman–Crippen LogP) is 4.53. The van der Waals surface area contributed by atoms with E-state index in [4.69, 9.17) is 11.6 Å². The van der Waals surface area contributed by atoms with Crippen LogP contribution in [0.2, 0.25) is 5.02 Å². The lowest BCUT2D eigenvalue weighted by atomic mass is 10.0. The number of piperidine rings is 1. The molecule has 1 N–H and O–H groups in total. The molecule has 0 unspecified atom stereocenters. The van der Waals surface area contributed by atoms with Crippen molar-refractivity contribution in [3.05, 3.63) is 58.6 Å². The average molecular weight is 421 g/mol. The molecule has 0 aromatic heterocycles. The minimum Gasteiger partial charge on any atom is -0.326 e. The number of rotatable bonds is 5. The van der Waals surface area contributed by atoms with Gasteiger partial charge in [0.2, 0.25) is 15.9 Å². The van der Waals surface area contributed by atoms with Gasteiger partial charge in [0.1, 0.15) is 0 Å². The highest BCUT2D eigenvalue weighted by Crippen LogP contribution is 2.28. The second kappa shape index (κ2) is 8.64. The van der Waals surface area contributed by atoms with E-state index in [0.717, 1.165) is 29.7 Å². The molecule has 1 heterocycles. The molecule has 1 saturated heterocycles. The van der Waals surface area contributed by atoms with E-state index in [1.54, 1.807) is 12.1 Å². The van der Waals surface area contributed by atoms with Crippen LogP contribution in [0.3, 0.4) is 0 Å². The summed E-state index contributed by atoms with van der Waals surface area (Å²) >= 11 is 5.88. The Bertz CT molecular complexity index is 958. The van der Waals surface area contributed by atoms with Crippen LogP contribution in [0.4, 0.5) is 5.69 Å². The Hall–Kier alpha value is -1.89. The Kier molecular flexibility index (Phi) is 6.43. The molecule has 1 aliphatic heterocycles. The molecule has 3 rings (SSSR count). The summed E-state index contributed by atoms with van der Waals surface area (Å²) < 4.78 is 27.7. The molecule has 1 atom stereocenters. The zero-order valence-electron chi connectivity index (χ0n) is 16.1. The molecule has 150 valence electrons. The number of hydrogen-bond acceptors (Lipinski definition) is 3. The molecule has 0 radical (unpaired) electrons. The van der Waals surface area contributed by atoms with Crippen LogP contribution in [0, 0.1) is 13.8 Å². The van der Waals surface area contributed by atoms with Gasteiger partial charge in [-0.05, 0) is 62.6 Å². The van der Waals surface area contributed by atoms with Gasteiger partial charge in [-0.15, -0.1) is 0 Å².